The van der Waals surface area contributed by atoms with Crippen LogP contribution in [0.3, 0.4) is 0 Å². The molecule has 0 heterocycles. The summed E-state index contributed by atoms with van der Waals surface area (Å²) in [6.45, 7) is 7.55. The first-order chi connectivity index (χ1) is 6.51. The molecule has 1 N–H and O–H groups in total. The highest BCUT2D eigenvalue weighted by atomic mass is 16.3. The molecular weight excluding hydrogens is 172 g/mol. The van der Waals surface area contributed by atoms with E-state index in [4.69, 9.17) is 0 Å². The van der Waals surface area contributed by atoms with Gasteiger partial charge in [0.1, 0.15) is 0 Å². The largest absolute Gasteiger partial charge is 0.390 e. The monoisotopic (exact) mass is 194 g/mol. The van der Waals surface area contributed by atoms with E-state index in [1.165, 1.54) is 18.4 Å². The van der Waals surface area contributed by atoms with Crippen molar-refractivity contribution in [1.82, 2.24) is 0 Å². The van der Waals surface area contributed by atoms with Crippen LogP contribution < -0.4 is 0 Å². The van der Waals surface area contributed by atoms with Gasteiger partial charge >= 0.3 is 0 Å². The Labute approximate surface area is 87.5 Å². The lowest BCUT2D eigenvalue weighted by molar-refractivity contribution is 0.0507. The van der Waals surface area contributed by atoms with Crippen LogP contribution in [-0.4, -0.2) is 10.7 Å². The molecular formula is C13H22O. The SMILES string of the molecule is C=CCC1=CCC(CC(C)(C)O)CC1. The maximum absolute atomic E-state index is 9.70. The third-order valence-electron chi connectivity index (χ3n) is 2.81. The average Bonchev–Trinajstić information content (AvgIpc) is 2.06. The molecule has 1 unspecified atom stereocenters. The summed E-state index contributed by atoms with van der Waals surface area (Å²) in [4.78, 5) is 0. The molecule has 0 radical (unpaired) electrons. The third-order valence-corrected chi connectivity index (χ3v) is 2.81. The molecule has 0 aromatic carbocycles. The van der Waals surface area contributed by atoms with E-state index in [0.29, 0.717) is 5.92 Å². The molecule has 1 heteroatoms. The van der Waals surface area contributed by atoms with Crippen LogP contribution in [0.25, 0.3) is 0 Å². The summed E-state index contributed by atoms with van der Waals surface area (Å²) in [7, 11) is 0. The molecule has 0 aliphatic heterocycles. The highest BCUT2D eigenvalue weighted by Crippen LogP contribution is 2.31. The Bertz CT molecular complexity index is 220. The lowest BCUT2D eigenvalue weighted by Gasteiger charge is -2.27. The Hall–Kier alpha value is -0.560. The second-order valence-electron chi connectivity index (χ2n) is 5.01. The van der Waals surface area contributed by atoms with Crippen molar-refractivity contribution >= 4 is 0 Å². The summed E-state index contributed by atoms with van der Waals surface area (Å²) in [5.41, 5.74) is 1.01. The highest BCUT2D eigenvalue weighted by Gasteiger charge is 2.21. The van der Waals surface area contributed by atoms with E-state index in [0.717, 1.165) is 19.3 Å². The number of hydrogen-bond donors (Lipinski definition) is 1. The zero-order valence-corrected chi connectivity index (χ0v) is 9.42. The molecule has 80 valence electrons. The molecule has 0 aromatic heterocycles. The summed E-state index contributed by atoms with van der Waals surface area (Å²) >= 11 is 0. The second-order valence-corrected chi connectivity index (χ2v) is 5.01. The smallest absolute Gasteiger partial charge is 0.0594 e. The predicted molar refractivity (Wildman–Crippen MR) is 61.2 cm³/mol. The predicted octanol–water partition coefficient (Wildman–Crippen LogP) is 3.45. The van der Waals surface area contributed by atoms with Gasteiger partial charge in [0.25, 0.3) is 0 Å². The van der Waals surface area contributed by atoms with Crippen LogP contribution in [0.1, 0.15) is 46.0 Å². The first-order valence-electron chi connectivity index (χ1n) is 5.52. The van der Waals surface area contributed by atoms with Gasteiger partial charge < -0.3 is 5.11 Å². The molecule has 1 aliphatic carbocycles. The zero-order valence-electron chi connectivity index (χ0n) is 9.42. The van der Waals surface area contributed by atoms with Gasteiger partial charge in [0.2, 0.25) is 0 Å². The van der Waals surface area contributed by atoms with Crippen LogP contribution in [0, 0.1) is 5.92 Å². The minimum Gasteiger partial charge on any atom is -0.390 e. The van der Waals surface area contributed by atoms with E-state index >= 15 is 0 Å². The molecule has 1 aliphatic rings. The molecule has 0 aromatic rings. The van der Waals surface area contributed by atoms with Gasteiger partial charge in [0, 0.05) is 0 Å². The van der Waals surface area contributed by atoms with Crippen molar-refractivity contribution in [2.45, 2.75) is 51.6 Å². The van der Waals surface area contributed by atoms with E-state index in [1.54, 1.807) is 0 Å². The molecule has 1 nitrogen and oxygen atoms in total. The van der Waals surface area contributed by atoms with Gasteiger partial charge in [-0.2, -0.15) is 0 Å². The van der Waals surface area contributed by atoms with Crippen LogP contribution in [-0.2, 0) is 0 Å². The van der Waals surface area contributed by atoms with Crippen molar-refractivity contribution in [3.05, 3.63) is 24.3 Å². The number of allylic oxidation sites excluding steroid dienone is 3. The van der Waals surface area contributed by atoms with Gasteiger partial charge in [-0.1, -0.05) is 17.7 Å². The summed E-state index contributed by atoms with van der Waals surface area (Å²) in [6, 6.07) is 0. The first kappa shape index (κ1) is 11.5. The topological polar surface area (TPSA) is 20.2 Å². The summed E-state index contributed by atoms with van der Waals surface area (Å²) in [5, 5.41) is 9.70. The van der Waals surface area contributed by atoms with E-state index in [-0.39, 0.29) is 0 Å². The van der Waals surface area contributed by atoms with E-state index in [9.17, 15) is 5.11 Å². The number of aliphatic hydroxyl groups is 1. The van der Waals surface area contributed by atoms with Crippen LogP contribution in [0.4, 0.5) is 0 Å². The van der Waals surface area contributed by atoms with E-state index < -0.39 is 5.60 Å². The van der Waals surface area contributed by atoms with Gasteiger partial charge in [-0.3, -0.25) is 0 Å². The fourth-order valence-electron chi connectivity index (χ4n) is 2.21. The maximum Gasteiger partial charge on any atom is 0.0594 e. The van der Waals surface area contributed by atoms with Gasteiger partial charge in [0.15, 0.2) is 0 Å². The first-order valence-corrected chi connectivity index (χ1v) is 5.52. The van der Waals surface area contributed by atoms with E-state index in [2.05, 4.69) is 12.7 Å². The van der Waals surface area contributed by atoms with Crippen molar-refractivity contribution in [2.24, 2.45) is 5.92 Å². The fraction of sp³-hybridized carbons (Fsp3) is 0.692. The molecule has 0 saturated carbocycles. The Morgan fingerprint density at radius 3 is 2.79 bits per heavy atom. The highest BCUT2D eigenvalue weighted by molar-refractivity contribution is 5.10. The molecule has 0 saturated heterocycles. The van der Waals surface area contributed by atoms with Gasteiger partial charge in [-0.25, -0.2) is 0 Å². The summed E-state index contributed by atoms with van der Waals surface area (Å²) < 4.78 is 0. The molecule has 1 rings (SSSR count). The maximum atomic E-state index is 9.70. The Kier molecular flexibility index (Phi) is 3.94. The van der Waals surface area contributed by atoms with Gasteiger partial charge in [-0.05, 0) is 51.9 Å². The molecule has 0 spiro atoms. The standard InChI is InChI=1S/C13H22O/c1-4-5-11-6-8-12(9-7-11)10-13(2,3)14/h4,6,12,14H,1,5,7-10H2,2-3H3. The molecule has 0 fully saturated rings. The quantitative estimate of drug-likeness (QED) is 0.680. The summed E-state index contributed by atoms with van der Waals surface area (Å²) in [6.07, 6.45) is 9.81. The molecule has 0 amide bonds. The van der Waals surface area contributed by atoms with Crippen LogP contribution in [0.2, 0.25) is 0 Å². The van der Waals surface area contributed by atoms with Crippen molar-refractivity contribution in [3.8, 4) is 0 Å². The van der Waals surface area contributed by atoms with Gasteiger partial charge in [-0.15, -0.1) is 6.58 Å². The lowest BCUT2D eigenvalue weighted by Crippen LogP contribution is -2.24. The van der Waals surface area contributed by atoms with Crippen LogP contribution in [0.5, 0.6) is 0 Å². The summed E-state index contributed by atoms with van der Waals surface area (Å²) in [5.74, 6) is 0.670. The van der Waals surface area contributed by atoms with Gasteiger partial charge in [0.05, 0.1) is 5.60 Å². The Balaban J connectivity index is 2.38. The third kappa shape index (κ3) is 4.10. The number of rotatable bonds is 4. The molecule has 14 heavy (non-hydrogen) atoms. The lowest BCUT2D eigenvalue weighted by atomic mass is 9.82. The van der Waals surface area contributed by atoms with E-state index in [1.807, 2.05) is 19.9 Å². The van der Waals surface area contributed by atoms with Crippen molar-refractivity contribution in [1.29, 1.82) is 0 Å². The van der Waals surface area contributed by atoms with Crippen molar-refractivity contribution < 1.29 is 5.11 Å². The normalized spacial score (nSPS) is 23.1. The minimum absolute atomic E-state index is 0.506. The van der Waals surface area contributed by atoms with Crippen LogP contribution in [0.15, 0.2) is 24.3 Å². The molecule has 0 bridgehead atoms. The second kappa shape index (κ2) is 4.79. The Morgan fingerprint density at radius 1 is 1.64 bits per heavy atom. The van der Waals surface area contributed by atoms with Crippen LogP contribution >= 0.6 is 0 Å². The minimum atomic E-state index is -0.506. The zero-order chi connectivity index (χ0) is 10.6. The Morgan fingerprint density at radius 2 is 2.36 bits per heavy atom. The van der Waals surface area contributed by atoms with Crippen molar-refractivity contribution in [3.63, 3.8) is 0 Å². The fourth-order valence-corrected chi connectivity index (χ4v) is 2.21. The van der Waals surface area contributed by atoms with Crippen molar-refractivity contribution in [2.75, 3.05) is 0 Å². The molecule has 1 atom stereocenters. The number of hydrogen-bond acceptors (Lipinski definition) is 1. The average molecular weight is 194 g/mol.